The van der Waals surface area contributed by atoms with Gasteiger partial charge in [-0.05, 0) is 13.8 Å². The predicted octanol–water partition coefficient (Wildman–Crippen LogP) is 1.46. The van der Waals surface area contributed by atoms with Crippen LogP contribution >= 0.6 is 11.8 Å². The van der Waals surface area contributed by atoms with Crippen molar-refractivity contribution in [3.05, 3.63) is 12.2 Å². The molecule has 1 fully saturated rings. The van der Waals surface area contributed by atoms with E-state index in [4.69, 9.17) is 0 Å². The fraction of sp³-hybridized carbons (Fsp3) is 0.750. The SMILES string of the molecule is C=C(C)CN(CC)C(=O)CN1CCSCC1. The molecule has 0 unspecified atom stereocenters. The van der Waals surface area contributed by atoms with E-state index in [2.05, 4.69) is 11.5 Å². The summed E-state index contributed by atoms with van der Waals surface area (Å²) in [4.78, 5) is 16.1. The lowest BCUT2D eigenvalue weighted by Gasteiger charge is -2.29. The highest BCUT2D eigenvalue weighted by molar-refractivity contribution is 7.99. The van der Waals surface area contributed by atoms with Crippen LogP contribution in [0.15, 0.2) is 12.2 Å². The minimum absolute atomic E-state index is 0.234. The Morgan fingerprint density at radius 2 is 2.06 bits per heavy atom. The second-order valence-corrected chi connectivity index (χ2v) is 5.48. The number of hydrogen-bond acceptors (Lipinski definition) is 3. The van der Waals surface area contributed by atoms with Gasteiger partial charge in [-0.2, -0.15) is 11.8 Å². The van der Waals surface area contributed by atoms with Crippen LogP contribution in [-0.2, 0) is 4.79 Å². The standard InChI is InChI=1S/C12H22N2OS/c1-4-14(9-11(2)3)12(15)10-13-5-7-16-8-6-13/h2,4-10H2,1,3H3. The zero-order valence-corrected chi connectivity index (χ0v) is 11.2. The second kappa shape index (κ2) is 6.97. The van der Waals surface area contributed by atoms with Crippen molar-refractivity contribution in [2.24, 2.45) is 0 Å². The van der Waals surface area contributed by atoms with Gasteiger partial charge in [-0.3, -0.25) is 9.69 Å². The van der Waals surface area contributed by atoms with Crippen LogP contribution < -0.4 is 0 Å². The number of nitrogens with zero attached hydrogens (tertiary/aromatic N) is 2. The molecule has 0 atom stereocenters. The molecule has 0 spiro atoms. The van der Waals surface area contributed by atoms with E-state index in [0.29, 0.717) is 13.1 Å². The molecule has 1 rings (SSSR count). The fourth-order valence-corrected chi connectivity index (χ4v) is 2.73. The Morgan fingerprint density at radius 3 is 2.56 bits per heavy atom. The summed E-state index contributed by atoms with van der Waals surface area (Å²) in [6.45, 7) is 12.0. The quantitative estimate of drug-likeness (QED) is 0.682. The lowest BCUT2D eigenvalue weighted by Crippen LogP contribution is -2.43. The summed E-state index contributed by atoms with van der Waals surface area (Å²) >= 11 is 1.97. The van der Waals surface area contributed by atoms with Gasteiger partial charge < -0.3 is 4.90 Å². The van der Waals surface area contributed by atoms with Gasteiger partial charge in [0.25, 0.3) is 0 Å². The number of likely N-dealkylation sites (N-methyl/N-ethyl adjacent to an activating group) is 1. The van der Waals surface area contributed by atoms with Gasteiger partial charge >= 0.3 is 0 Å². The minimum Gasteiger partial charge on any atom is -0.338 e. The molecular formula is C12H22N2OS. The maximum absolute atomic E-state index is 12.0. The molecule has 1 heterocycles. The highest BCUT2D eigenvalue weighted by atomic mass is 32.2. The maximum atomic E-state index is 12.0. The average molecular weight is 242 g/mol. The van der Waals surface area contributed by atoms with Crippen LogP contribution in [0.4, 0.5) is 0 Å². The zero-order chi connectivity index (χ0) is 12.0. The maximum Gasteiger partial charge on any atom is 0.237 e. The number of carbonyl (C=O) groups is 1. The van der Waals surface area contributed by atoms with E-state index in [-0.39, 0.29) is 5.91 Å². The highest BCUT2D eigenvalue weighted by Gasteiger charge is 2.17. The Hall–Kier alpha value is -0.480. The molecule has 0 aromatic carbocycles. The van der Waals surface area contributed by atoms with Gasteiger partial charge in [-0.15, -0.1) is 0 Å². The van der Waals surface area contributed by atoms with E-state index in [0.717, 1.165) is 36.7 Å². The van der Waals surface area contributed by atoms with Crippen LogP contribution in [0, 0.1) is 0 Å². The molecule has 0 radical (unpaired) electrons. The molecule has 0 bridgehead atoms. The van der Waals surface area contributed by atoms with Gasteiger partial charge in [0.05, 0.1) is 6.54 Å². The lowest BCUT2D eigenvalue weighted by molar-refractivity contribution is -0.131. The van der Waals surface area contributed by atoms with E-state index in [1.54, 1.807) is 0 Å². The number of carbonyl (C=O) groups excluding carboxylic acids is 1. The average Bonchev–Trinajstić information content (AvgIpc) is 2.26. The van der Waals surface area contributed by atoms with Crippen molar-refractivity contribution in [1.29, 1.82) is 0 Å². The Labute approximate surface area is 103 Å². The van der Waals surface area contributed by atoms with E-state index in [9.17, 15) is 4.79 Å². The molecule has 1 amide bonds. The first-order chi connectivity index (χ1) is 7.63. The number of amides is 1. The number of hydrogen-bond donors (Lipinski definition) is 0. The van der Waals surface area contributed by atoms with Crippen molar-refractivity contribution in [2.45, 2.75) is 13.8 Å². The Morgan fingerprint density at radius 1 is 1.44 bits per heavy atom. The van der Waals surface area contributed by atoms with Crippen molar-refractivity contribution in [1.82, 2.24) is 9.80 Å². The lowest BCUT2D eigenvalue weighted by atomic mass is 10.3. The van der Waals surface area contributed by atoms with E-state index < -0.39 is 0 Å². The van der Waals surface area contributed by atoms with E-state index >= 15 is 0 Å². The number of rotatable bonds is 5. The van der Waals surface area contributed by atoms with Gasteiger partial charge in [0.1, 0.15) is 0 Å². The molecule has 0 aromatic heterocycles. The van der Waals surface area contributed by atoms with Crippen molar-refractivity contribution in [3.8, 4) is 0 Å². The number of thioether (sulfide) groups is 1. The zero-order valence-electron chi connectivity index (χ0n) is 10.4. The van der Waals surface area contributed by atoms with Crippen LogP contribution in [0.2, 0.25) is 0 Å². The molecule has 0 aliphatic carbocycles. The van der Waals surface area contributed by atoms with Crippen LogP contribution in [0.1, 0.15) is 13.8 Å². The van der Waals surface area contributed by atoms with Crippen LogP contribution in [0.25, 0.3) is 0 Å². The van der Waals surface area contributed by atoms with Crippen molar-refractivity contribution < 1.29 is 4.79 Å². The molecule has 92 valence electrons. The minimum atomic E-state index is 0.234. The molecule has 1 aliphatic rings. The van der Waals surface area contributed by atoms with Crippen molar-refractivity contribution in [2.75, 3.05) is 44.2 Å². The third-order valence-electron chi connectivity index (χ3n) is 2.66. The van der Waals surface area contributed by atoms with Crippen LogP contribution in [0.5, 0.6) is 0 Å². The Bertz CT molecular complexity index is 249. The predicted molar refractivity (Wildman–Crippen MR) is 70.8 cm³/mol. The largest absolute Gasteiger partial charge is 0.338 e. The van der Waals surface area contributed by atoms with E-state index in [1.165, 1.54) is 0 Å². The molecule has 1 saturated heterocycles. The molecule has 0 N–H and O–H groups in total. The summed E-state index contributed by atoms with van der Waals surface area (Å²) in [5.41, 5.74) is 1.05. The molecule has 0 saturated carbocycles. The highest BCUT2D eigenvalue weighted by Crippen LogP contribution is 2.09. The summed E-state index contributed by atoms with van der Waals surface area (Å²) in [7, 11) is 0. The summed E-state index contributed by atoms with van der Waals surface area (Å²) in [6.07, 6.45) is 0. The normalized spacial score (nSPS) is 17.1. The first-order valence-electron chi connectivity index (χ1n) is 5.85. The molecule has 16 heavy (non-hydrogen) atoms. The summed E-state index contributed by atoms with van der Waals surface area (Å²) in [5, 5.41) is 0. The van der Waals surface area contributed by atoms with Gasteiger partial charge in [0.15, 0.2) is 0 Å². The van der Waals surface area contributed by atoms with E-state index in [1.807, 2.05) is 30.5 Å². The summed E-state index contributed by atoms with van der Waals surface area (Å²) < 4.78 is 0. The summed E-state index contributed by atoms with van der Waals surface area (Å²) in [6, 6.07) is 0. The third-order valence-corrected chi connectivity index (χ3v) is 3.60. The topological polar surface area (TPSA) is 23.6 Å². The Balaban J connectivity index is 2.38. The molecule has 3 nitrogen and oxygen atoms in total. The monoisotopic (exact) mass is 242 g/mol. The molecule has 4 heteroatoms. The fourth-order valence-electron chi connectivity index (χ4n) is 1.75. The molecular weight excluding hydrogens is 220 g/mol. The smallest absolute Gasteiger partial charge is 0.237 e. The van der Waals surface area contributed by atoms with Crippen LogP contribution in [0.3, 0.4) is 0 Å². The summed E-state index contributed by atoms with van der Waals surface area (Å²) in [5.74, 6) is 2.54. The first-order valence-corrected chi connectivity index (χ1v) is 7.01. The molecule has 1 aliphatic heterocycles. The van der Waals surface area contributed by atoms with Gasteiger partial charge in [-0.1, -0.05) is 12.2 Å². The first kappa shape index (κ1) is 13.6. The van der Waals surface area contributed by atoms with Crippen molar-refractivity contribution in [3.63, 3.8) is 0 Å². The van der Waals surface area contributed by atoms with Crippen LogP contribution in [-0.4, -0.2) is 59.9 Å². The third kappa shape index (κ3) is 4.58. The van der Waals surface area contributed by atoms with Gasteiger partial charge in [0, 0.05) is 37.7 Å². The Kier molecular flexibility index (Phi) is 5.91. The molecule has 0 aromatic rings. The van der Waals surface area contributed by atoms with Gasteiger partial charge in [0.2, 0.25) is 5.91 Å². The van der Waals surface area contributed by atoms with Gasteiger partial charge in [-0.25, -0.2) is 0 Å². The van der Waals surface area contributed by atoms with Crippen molar-refractivity contribution >= 4 is 17.7 Å². The second-order valence-electron chi connectivity index (χ2n) is 4.25.